The van der Waals surface area contributed by atoms with E-state index < -0.39 is 5.41 Å². The molecule has 4 aliphatic carbocycles. The Morgan fingerprint density at radius 1 is 1.13 bits per heavy atom. The zero-order valence-electron chi connectivity index (χ0n) is 21.1. The van der Waals surface area contributed by atoms with Crippen LogP contribution in [0, 0.1) is 45.8 Å². The highest BCUT2D eigenvalue weighted by atomic mass is 16.3. The maximum atomic E-state index is 12.7. The first kappa shape index (κ1) is 23.3. The Hall–Kier alpha value is -0.890. The number of carbonyl (C=O) groups is 1. The predicted molar refractivity (Wildman–Crippen MR) is 129 cm³/mol. The van der Waals surface area contributed by atoms with Crippen molar-refractivity contribution in [2.45, 2.75) is 106 Å². The monoisotopic (exact) mass is 426 g/mol. The molecule has 1 N–H and O–H groups in total. The Bertz CT molecular complexity index is 785. The molecule has 31 heavy (non-hydrogen) atoms. The molecule has 174 valence electrons. The molecule has 0 aromatic heterocycles. The molecule has 3 saturated carbocycles. The maximum absolute atomic E-state index is 12.7. The zero-order valence-corrected chi connectivity index (χ0v) is 21.1. The molecule has 0 saturated heterocycles. The number of ketones is 1. The van der Waals surface area contributed by atoms with Crippen molar-refractivity contribution in [2.75, 3.05) is 0 Å². The molecule has 0 amide bonds. The summed E-state index contributed by atoms with van der Waals surface area (Å²) < 4.78 is 0. The summed E-state index contributed by atoms with van der Waals surface area (Å²) in [6.45, 7) is 16.1. The van der Waals surface area contributed by atoms with Crippen molar-refractivity contribution < 1.29 is 9.90 Å². The molecule has 4 rings (SSSR count). The molecule has 0 bridgehead atoms. The van der Waals surface area contributed by atoms with Gasteiger partial charge >= 0.3 is 0 Å². The van der Waals surface area contributed by atoms with Gasteiger partial charge in [-0.3, -0.25) is 4.79 Å². The molecule has 4 aliphatic rings. The molecule has 0 spiro atoms. The van der Waals surface area contributed by atoms with Gasteiger partial charge in [-0.25, -0.2) is 0 Å². The summed E-state index contributed by atoms with van der Waals surface area (Å²) in [6.07, 6.45) is 13.4. The van der Waals surface area contributed by atoms with Crippen LogP contribution >= 0.6 is 0 Å². The van der Waals surface area contributed by atoms with E-state index in [9.17, 15) is 9.90 Å². The number of aliphatic hydroxyl groups is 1. The molecule has 0 aromatic rings. The first-order valence-electron chi connectivity index (χ1n) is 13.0. The number of hydrogen-bond donors (Lipinski definition) is 1. The summed E-state index contributed by atoms with van der Waals surface area (Å²) >= 11 is 0. The second-order valence-electron chi connectivity index (χ2n) is 12.9. The lowest BCUT2D eigenvalue weighted by Crippen LogP contribution is -2.57. The van der Waals surface area contributed by atoms with E-state index in [1.54, 1.807) is 0 Å². The number of rotatable bonds is 4. The number of Topliss-reactive ketones (excluding diaryl/α,β-unsaturated/α-hetero) is 1. The third-order valence-corrected chi connectivity index (χ3v) is 10.7. The first-order chi connectivity index (χ1) is 14.4. The molecule has 0 heterocycles. The topological polar surface area (TPSA) is 37.3 Å². The molecule has 0 radical (unpaired) electrons. The predicted octanol–water partition coefficient (Wildman–Crippen LogP) is 7.12. The van der Waals surface area contributed by atoms with E-state index in [4.69, 9.17) is 0 Å². The van der Waals surface area contributed by atoms with Gasteiger partial charge in [-0.05, 0) is 113 Å². The summed E-state index contributed by atoms with van der Waals surface area (Å²) in [6, 6.07) is 0. The highest BCUT2D eigenvalue weighted by Crippen LogP contribution is 2.68. The summed E-state index contributed by atoms with van der Waals surface area (Å²) in [5, 5.41) is 11.5. The lowest BCUT2D eigenvalue weighted by Gasteiger charge is -2.61. The molecule has 2 heteroatoms. The van der Waals surface area contributed by atoms with Crippen molar-refractivity contribution in [3.63, 3.8) is 0 Å². The third-order valence-electron chi connectivity index (χ3n) is 10.7. The van der Waals surface area contributed by atoms with Gasteiger partial charge in [0, 0.05) is 11.8 Å². The summed E-state index contributed by atoms with van der Waals surface area (Å²) in [5.74, 6) is 3.38. The van der Waals surface area contributed by atoms with E-state index in [0.717, 1.165) is 18.3 Å². The Morgan fingerprint density at radius 2 is 1.84 bits per heavy atom. The van der Waals surface area contributed by atoms with Crippen LogP contribution in [0.1, 0.15) is 99.8 Å². The van der Waals surface area contributed by atoms with Crippen LogP contribution in [-0.4, -0.2) is 17.0 Å². The van der Waals surface area contributed by atoms with Gasteiger partial charge in [0.15, 0.2) is 0 Å². The van der Waals surface area contributed by atoms with Crippen molar-refractivity contribution in [3.05, 3.63) is 23.3 Å². The van der Waals surface area contributed by atoms with E-state index in [2.05, 4.69) is 60.6 Å². The van der Waals surface area contributed by atoms with Crippen molar-refractivity contribution in [2.24, 2.45) is 45.8 Å². The van der Waals surface area contributed by atoms with Crippen LogP contribution in [-0.2, 0) is 4.79 Å². The van der Waals surface area contributed by atoms with Gasteiger partial charge in [0.1, 0.15) is 5.78 Å². The number of fused-ring (bicyclic) bond motifs is 5. The van der Waals surface area contributed by atoms with Gasteiger partial charge in [0.25, 0.3) is 0 Å². The molecule has 0 aliphatic heterocycles. The summed E-state index contributed by atoms with van der Waals surface area (Å²) in [4.78, 5) is 12.7. The summed E-state index contributed by atoms with van der Waals surface area (Å²) in [7, 11) is 0. The zero-order chi connectivity index (χ0) is 22.8. The number of hydrogen-bond acceptors (Lipinski definition) is 2. The fourth-order valence-corrected chi connectivity index (χ4v) is 8.98. The SMILES string of the molecule is CC(C)=CCC[C@@H](C)[C@H]1CC[C@H]2[C@@H]3C(O)C=C4C(C)(C)C(=O)CC[C@]4(C)[C@H]3CC[C@]12C. The average molecular weight is 427 g/mol. The van der Waals surface area contributed by atoms with Gasteiger partial charge in [-0.2, -0.15) is 0 Å². The van der Waals surface area contributed by atoms with Crippen molar-refractivity contribution in [1.82, 2.24) is 0 Å². The van der Waals surface area contributed by atoms with E-state index >= 15 is 0 Å². The number of carbonyl (C=O) groups excluding carboxylic acids is 1. The quantitative estimate of drug-likeness (QED) is 0.486. The molecule has 2 nitrogen and oxygen atoms in total. The molecule has 3 fully saturated rings. The maximum Gasteiger partial charge on any atom is 0.142 e. The minimum absolute atomic E-state index is 0.0792. The van der Waals surface area contributed by atoms with Crippen LogP contribution in [0.4, 0.5) is 0 Å². The minimum Gasteiger partial charge on any atom is -0.389 e. The first-order valence-corrected chi connectivity index (χ1v) is 13.0. The normalized spacial score (nSPS) is 44.6. The fourth-order valence-electron chi connectivity index (χ4n) is 8.98. The molecule has 0 aromatic carbocycles. The number of aliphatic hydroxyl groups excluding tert-OH is 1. The Labute approximate surface area is 191 Å². The average Bonchev–Trinajstić information content (AvgIpc) is 3.04. The van der Waals surface area contributed by atoms with Gasteiger partial charge in [-0.15, -0.1) is 0 Å². The lowest BCUT2D eigenvalue weighted by atomic mass is 9.44. The van der Waals surface area contributed by atoms with Gasteiger partial charge in [-0.1, -0.05) is 44.1 Å². The van der Waals surface area contributed by atoms with Crippen LogP contribution in [0.2, 0.25) is 0 Å². The van der Waals surface area contributed by atoms with Crippen LogP contribution in [0.3, 0.4) is 0 Å². The number of allylic oxidation sites excluding steroid dienone is 3. The summed E-state index contributed by atoms with van der Waals surface area (Å²) in [5.41, 5.74) is 2.69. The Kier molecular flexibility index (Phi) is 5.90. The molecule has 8 atom stereocenters. The van der Waals surface area contributed by atoms with E-state index in [0.29, 0.717) is 35.4 Å². The van der Waals surface area contributed by atoms with Gasteiger partial charge in [0.2, 0.25) is 0 Å². The lowest BCUT2D eigenvalue weighted by molar-refractivity contribution is -0.135. The van der Waals surface area contributed by atoms with Crippen molar-refractivity contribution in [1.29, 1.82) is 0 Å². The fraction of sp³-hybridized carbons (Fsp3) is 0.828. The third kappa shape index (κ3) is 3.51. The van der Waals surface area contributed by atoms with Crippen LogP contribution in [0.25, 0.3) is 0 Å². The minimum atomic E-state index is -0.419. The Morgan fingerprint density at radius 3 is 2.52 bits per heavy atom. The van der Waals surface area contributed by atoms with Gasteiger partial charge in [0.05, 0.1) is 6.10 Å². The van der Waals surface area contributed by atoms with Crippen LogP contribution < -0.4 is 0 Å². The molecule has 1 unspecified atom stereocenters. The van der Waals surface area contributed by atoms with Crippen LogP contribution in [0.15, 0.2) is 23.3 Å². The standard InChI is InChI=1S/C29H46O2/c1-18(2)9-8-10-19(3)20-11-12-21-26-22(13-15-28(20,21)6)29(7)16-14-25(31)27(4,5)24(29)17-23(26)30/h9,17,19-23,26,30H,8,10-16H2,1-7H3/t19-,20-,21+,22+,23?,26+,28-,29-/m1/s1. The smallest absolute Gasteiger partial charge is 0.142 e. The molecular formula is C29H46O2. The second kappa shape index (κ2) is 7.86. The van der Waals surface area contributed by atoms with E-state index in [1.165, 1.54) is 49.7 Å². The van der Waals surface area contributed by atoms with Crippen molar-refractivity contribution >= 4 is 5.78 Å². The van der Waals surface area contributed by atoms with E-state index in [-0.39, 0.29) is 11.5 Å². The van der Waals surface area contributed by atoms with Crippen LogP contribution in [0.5, 0.6) is 0 Å². The second-order valence-corrected chi connectivity index (χ2v) is 12.9. The highest BCUT2D eigenvalue weighted by molar-refractivity contribution is 5.89. The van der Waals surface area contributed by atoms with E-state index in [1.807, 2.05) is 0 Å². The van der Waals surface area contributed by atoms with Gasteiger partial charge < -0.3 is 5.11 Å². The largest absolute Gasteiger partial charge is 0.389 e. The Balaban J connectivity index is 1.61. The highest BCUT2D eigenvalue weighted by Gasteiger charge is 2.63. The molecular weight excluding hydrogens is 380 g/mol. The van der Waals surface area contributed by atoms with Crippen molar-refractivity contribution in [3.8, 4) is 0 Å².